The van der Waals surface area contributed by atoms with Crippen LogP contribution in [0.4, 0.5) is 0 Å². The highest BCUT2D eigenvalue weighted by atomic mass is 32.2. The molecule has 0 amide bonds. The van der Waals surface area contributed by atoms with Gasteiger partial charge in [-0.1, -0.05) is 25.0 Å². The summed E-state index contributed by atoms with van der Waals surface area (Å²) < 4.78 is 27.9. The van der Waals surface area contributed by atoms with Crippen LogP contribution in [0.25, 0.3) is 0 Å². The second kappa shape index (κ2) is 5.23. The maximum Gasteiger partial charge on any atom is 0.241 e. The predicted octanol–water partition coefficient (Wildman–Crippen LogP) is 2.06. The van der Waals surface area contributed by atoms with Gasteiger partial charge in [0.05, 0.1) is 4.90 Å². The van der Waals surface area contributed by atoms with Crippen LogP contribution in [0.1, 0.15) is 43.7 Å². The zero-order valence-electron chi connectivity index (χ0n) is 11.6. The second-order valence-electron chi connectivity index (χ2n) is 5.68. The monoisotopic (exact) mass is 282 g/mol. The normalized spacial score (nSPS) is 18.7. The number of nitrogens with two attached hydrogens (primary N) is 1. The molecule has 0 unspecified atom stereocenters. The lowest BCUT2D eigenvalue weighted by Gasteiger charge is -2.25. The van der Waals surface area contributed by atoms with Gasteiger partial charge in [-0.25, -0.2) is 13.1 Å². The Morgan fingerprint density at radius 3 is 2.53 bits per heavy atom. The van der Waals surface area contributed by atoms with Crippen molar-refractivity contribution in [3.8, 4) is 0 Å². The quantitative estimate of drug-likeness (QED) is 0.888. The van der Waals surface area contributed by atoms with Crippen LogP contribution in [-0.2, 0) is 16.6 Å². The van der Waals surface area contributed by atoms with E-state index in [9.17, 15) is 8.42 Å². The van der Waals surface area contributed by atoms with Crippen LogP contribution in [0.2, 0.25) is 0 Å². The van der Waals surface area contributed by atoms with Gasteiger partial charge in [0.25, 0.3) is 0 Å². The molecule has 0 heterocycles. The maximum atomic E-state index is 12.5. The summed E-state index contributed by atoms with van der Waals surface area (Å²) in [6.45, 7) is 4.14. The molecule has 0 bridgehead atoms. The van der Waals surface area contributed by atoms with Crippen LogP contribution in [0.3, 0.4) is 0 Å². The van der Waals surface area contributed by atoms with Crippen molar-refractivity contribution < 1.29 is 8.42 Å². The lowest BCUT2D eigenvalue weighted by atomic mass is 10.0. The van der Waals surface area contributed by atoms with Gasteiger partial charge >= 0.3 is 0 Å². The summed E-state index contributed by atoms with van der Waals surface area (Å²) in [5.74, 6) is 0. The molecule has 1 aliphatic rings. The van der Waals surface area contributed by atoms with Crippen molar-refractivity contribution in [2.45, 2.75) is 56.5 Å². The Balaban J connectivity index is 2.33. The summed E-state index contributed by atoms with van der Waals surface area (Å²) >= 11 is 0. The first kappa shape index (κ1) is 14.5. The van der Waals surface area contributed by atoms with E-state index < -0.39 is 10.0 Å². The summed E-state index contributed by atoms with van der Waals surface area (Å²) in [6.07, 6.45) is 3.98. The van der Waals surface area contributed by atoms with E-state index in [1.54, 1.807) is 6.07 Å². The Morgan fingerprint density at radius 1 is 1.32 bits per heavy atom. The Labute approximate surface area is 115 Å². The molecule has 1 aliphatic carbocycles. The number of hydrogen-bond donors (Lipinski definition) is 2. The van der Waals surface area contributed by atoms with Crippen LogP contribution < -0.4 is 10.5 Å². The van der Waals surface area contributed by atoms with Crippen LogP contribution >= 0.6 is 0 Å². The number of hydrogen-bond acceptors (Lipinski definition) is 3. The largest absolute Gasteiger partial charge is 0.326 e. The number of aryl methyl sites for hydroxylation is 1. The Bertz CT molecular complexity index is 561. The molecule has 1 fully saturated rings. The molecule has 5 heteroatoms. The first-order valence-corrected chi connectivity index (χ1v) is 8.18. The van der Waals surface area contributed by atoms with Crippen molar-refractivity contribution in [2.24, 2.45) is 5.73 Å². The topological polar surface area (TPSA) is 72.2 Å². The standard InChI is InChI=1S/C14H22N2O2S/c1-11-5-6-12(10-15)9-13(11)19(17,18)16-14(2)7-3-4-8-14/h5-6,9,16H,3-4,7-8,10,15H2,1-2H3. The molecule has 0 radical (unpaired) electrons. The van der Waals surface area contributed by atoms with Gasteiger partial charge in [0.2, 0.25) is 10.0 Å². The van der Waals surface area contributed by atoms with Gasteiger partial charge in [-0.15, -0.1) is 0 Å². The van der Waals surface area contributed by atoms with Crippen LogP contribution in [0.5, 0.6) is 0 Å². The first-order chi connectivity index (χ1) is 8.86. The van der Waals surface area contributed by atoms with Gasteiger partial charge in [-0.05, 0) is 43.9 Å². The van der Waals surface area contributed by atoms with Gasteiger partial charge in [0.15, 0.2) is 0 Å². The number of benzene rings is 1. The SMILES string of the molecule is Cc1ccc(CN)cc1S(=O)(=O)NC1(C)CCCC1. The van der Waals surface area contributed by atoms with E-state index in [-0.39, 0.29) is 5.54 Å². The number of sulfonamides is 1. The summed E-state index contributed by atoms with van der Waals surface area (Å²) in [5, 5.41) is 0. The van der Waals surface area contributed by atoms with Crippen LogP contribution in [0.15, 0.2) is 23.1 Å². The molecule has 106 valence electrons. The summed E-state index contributed by atoms with van der Waals surface area (Å²) in [4.78, 5) is 0.351. The second-order valence-corrected chi connectivity index (χ2v) is 7.33. The average Bonchev–Trinajstić information content (AvgIpc) is 2.75. The van der Waals surface area contributed by atoms with E-state index in [1.807, 2.05) is 26.0 Å². The van der Waals surface area contributed by atoms with Gasteiger partial charge in [0, 0.05) is 12.1 Å². The lowest BCUT2D eigenvalue weighted by molar-refractivity contribution is 0.427. The minimum absolute atomic E-state index is 0.302. The smallest absolute Gasteiger partial charge is 0.241 e. The molecular weight excluding hydrogens is 260 g/mol. The fraction of sp³-hybridized carbons (Fsp3) is 0.571. The summed E-state index contributed by atoms with van der Waals surface area (Å²) in [7, 11) is -3.47. The zero-order valence-corrected chi connectivity index (χ0v) is 12.4. The fourth-order valence-electron chi connectivity index (χ4n) is 2.70. The Kier molecular flexibility index (Phi) is 3.99. The number of rotatable bonds is 4. The third-order valence-corrected chi connectivity index (χ3v) is 5.65. The molecule has 2 rings (SSSR count). The molecule has 19 heavy (non-hydrogen) atoms. The predicted molar refractivity (Wildman–Crippen MR) is 76.3 cm³/mol. The summed E-state index contributed by atoms with van der Waals surface area (Å²) in [5.41, 5.74) is 6.88. The molecule has 1 aromatic carbocycles. The van der Waals surface area contributed by atoms with E-state index in [0.717, 1.165) is 36.8 Å². The lowest BCUT2D eigenvalue weighted by Crippen LogP contribution is -2.43. The van der Waals surface area contributed by atoms with Crippen molar-refractivity contribution in [3.63, 3.8) is 0 Å². The zero-order chi connectivity index (χ0) is 14.1. The van der Waals surface area contributed by atoms with Crippen LogP contribution in [0, 0.1) is 6.92 Å². The van der Waals surface area contributed by atoms with Gasteiger partial charge in [-0.2, -0.15) is 0 Å². The van der Waals surface area contributed by atoms with Crippen molar-refractivity contribution in [1.29, 1.82) is 0 Å². The molecule has 0 aliphatic heterocycles. The molecule has 0 saturated heterocycles. The Hall–Kier alpha value is -0.910. The Morgan fingerprint density at radius 2 is 1.95 bits per heavy atom. The minimum Gasteiger partial charge on any atom is -0.326 e. The molecule has 3 N–H and O–H groups in total. The van der Waals surface area contributed by atoms with Crippen molar-refractivity contribution >= 4 is 10.0 Å². The fourth-order valence-corrected chi connectivity index (χ4v) is 4.46. The van der Waals surface area contributed by atoms with Gasteiger partial charge in [-0.3, -0.25) is 0 Å². The maximum absolute atomic E-state index is 12.5. The van der Waals surface area contributed by atoms with E-state index >= 15 is 0 Å². The van der Waals surface area contributed by atoms with Crippen molar-refractivity contribution in [3.05, 3.63) is 29.3 Å². The van der Waals surface area contributed by atoms with Crippen molar-refractivity contribution in [1.82, 2.24) is 4.72 Å². The molecule has 1 aromatic rings. The van der Waals surface area contributed by atoms with Gasteiger partial charge in [0.1, 0.15) is 0 Å². The minimum atomic E-state index is -3.47. The van der Waals surface area contributed by atoms with E-state index in [4.69, 9.17) is 5.73 Å². The van der Waals surface area contributed by atoms with Gasteiger partial charge < -0.3 is 5.73 Å². The first-order valence-electron chi connectivity index (χ1n) is 6.70. The van der Waals surface area contributed by atoms with E-state index in [1.165, 1.54) is 0 Å². The molecule has 0 spiro atoms. The summed E-state index contributed by atoms with van der Waals surface area (Å²) in [6, 6.07) is 5.36. The highest BCUT2D eigenvalue weighted by Crippen LogP contribution is 2.31. The highest BCUT2D eigenvalue weighted by Gasteiger charge is 2.34. The van der Waals surface area contributed by atoms with E-state index in [2.05, 4.69) is 4.72 Å². The number of nitrogens with one attached hydrogen (secondary N) is 1. The third-order valence-electron chi connectivity index (χ3n) is 3.87. The van der Waals surface area contributed by atoms with Crippen LogP contribution in [-0.4, -0.2) is 14.0 Å². The molecule has 4 nitrogen and oxygen atoms in total. The molecular formula is C14H22N2O2S. The van der Waals surface area contributed by atoms with E-state index in [0.29, 0.717) is 11.4 Å². The average molecular weight is 282 g/mol. The van der Waals surface area contributed by atoms with Crippen molar-refractivity contribution in [2.75, 3.05) is 0 Å². The molecule has 0 atom stereocenters. The highest BCUT2D eigenvalue weighted by molar-refractivity contribution is 7.89. The molecule has 0 aromatic heterocycles. The molecule has 1 saturated carbocycles. The third kappa shape index (κ3) is 3.16.